The third-order valence-corrected chi connectivity index (χ3v) is 3.68. The lowest BCUT2D eigenvalue weighted by atomic mass is 9.99. The van der Waals surface area contributed by atoms with Crippen LogP contribution in [0.4, 0.5) is 0 Å². The minimum Gasteiger partial charge on any atom is -0.345 e. The number of H-pyrrole nitrogens is 1. The molecule has 22 heavy (non-hydrogen) atoms. The summed E-state index contributed by atoms with van der Waals surface area (Å²) in [5.74, 6) is -0.211. The highest BCUT2D eigenvalue weighted by molar-refractivity contribution is 5.94. The van der Waals surface area contributed by atoms with Crippen LogP contribution in [0.5, 0.6) is 0 Å². The lowest BCUT2D eigenvalue weighted by molar-refractivity contribution is 0.0939. The highest BCUT2D eigenvalue weighted by Gasteiger charge is 2.13. The Morgan fingerprint density at radius 2 is 1.82 bits per heavy atom. The van der Waals surface area contributed by atoms with Crippen molar-refractivity contribution >= 4 is 16.7 Å². The van der Waals surface area contributed by atoms with Crippen molar-refractivity contribution < 1.29 is 4.79 Å². The quantitative estimate of drug-likeness (QED) is 0.779. The number of nitrogens with one attached hydrogen (secondary N) is 2. The molecule has 0 bridgehead atoms. The average Bonchev–Trinajstić information content (AvgIpc) is 2.54. The molecule has 0 saturated heterocycles. The molecule has 1 aromatic heterocycles. The van der Waals surface area contributed by atoms with Crippen LogP contribution in [0.3, 0.4) is 0 Å². The summed E-state index contributed by atoms with van der Waals surface area (Å²) in [5, 5.41) is 5.23. The second-order valence-electron chi connectivity index (χ2n) is 5.21. The molecule has 1 heterocycles. The lowest BCUT2D eigenvalue weighted by Gasteiger charge is -2.16. The fourth-order valence-electron chi connectivity index (χ4n) is 2.54. The van der Waals surface area contributed by atoms with Crippen molar-refractivity contribution in [1.82, 2.24) is 10.3 Å². The maximum absolute atomic E-state index is 12.2. The minimum atomic E-state index is -0.223. The number of carbonyl (C=O) groups is 1. The predicted molar refractivity (Wildman–Crippen MR) is 86.9 cm³/mol. The molecule has 0 aliphatic carbocycles. The molecule has 0 saturated carbocycles. The van der Waals surface area contributed by atoms with Gasteiger partial charge in [-0.15, -0.1) is 0 Å². The summed E-state index contributed by atoms with van der Waals surface area (Å²) in [6.07, 6.45) is 1.42. The standard InChI is InChI=1S/C18H16N2O2/c1-12(20-18(22)14-9-10-17(21)19-11-14)15-8-4-6-13-5-2-3-7-16(13)15/h2-12H,1H3,(H,19,21)(H,20,22)/t12-/m0/s1. The van der Waals surface area contributed by atoms with Crippen LogP contribution in [0.15, 0.2) is 65.6 Å². The fourth-order valence-corrected chi connectivity index (χ4v) is 2.54. The number of rotatable bonds is 3. The number of amides is 1. The van der Waals surface area contributed by atoms with E-state index in [2.05, 4.69) is 22.4 Å². The smallest absolute Gasteiger partial charge is 0.253 e. The zero-order chi connectivity index (χ0) is 15.5. The van der Waals surface area contributed by atoms with Crippen molar-refractivity contribution in [3.63, 3.8) is 0 Å². The van der Waals surface area contributed by atoms with Gasteiger partial charge in [-0.05, 0) is 29.3 Å². The molecular weight excluding hydrogens is 276 g/mol. The SMILES string of the molecule is C[C@H](NC(=O)c1ccc(=O)[nH]c1)c1cccc2ccccc12. The number of fused-ring (bicyclic) bond motifs is 1. The van der Waals surface area contributed by atoms with Gasteiger partial charge < -0.3 is 10.3 Å². The summed E-state index contributed by atoms with van der Waals surface area (Å²) in [6, 6.07) is 16.9. The van der Waals surface area contributed by atoms with Gasteiger partial charge in [-0.3, -0.25) is 9.59 Å². The Morgan fingerprint density at radius 3 is 2.59 bits per heavy atom. The van der Waals surface area contributed by atoms with Gasteiger partial charge in [0.2, 0.25) is 5.56 Å². The molecule has 1 atom stereocenters. The summed E-state index contributed by atoms with van der Waals surface area (Å²) in [7, 11) is 0. The number of hydrogen-bond acceptors (Lipinski definition) is 2. The van der Waals surface area contributed by atoms with Gasteiger partial charge in [-0.2, -0.15) is 0 Å². The predicted octanol–water partition coefficient (Wildman–Crippen LogP) is 3.02. The summed E-state index contributed by atoms with van der Waals surface area (Å²) >= 11 is 0. The van der Waals surface area contributed by atoms with Crippen molar-refractivity contribution in [2.75, 3.05) is 0 Å². The van der Waals surface area contributed by atoms with Crippen LogP contribution < -0.4 is 10.9 Å². The van der Waals surface area contributed by atoms with E-state index in [0.717, 1.165) is 16.3 Å². The van der Waals surface area contributed by atoms with Crippen LogP contribution in [0, 0.1) is 0 Å². The third-order valence-electron chi connectivity index (χ3n) is 3.68. The Labute approximate surface area is 127 Å². The van der Waals surface area contributed by atoms with Gasteiger partial charge in [-0.1, -0.05) is 42.5 Å². The summed E-state index contributed by atoms with van der Waals surface area (Å²) in [4.78, 5) is 25.8. The van der Waals surface area contributed by atoms with E-state index in [1.807, 2.05) is 37.3 Å². The van der Waals surface area contributed by atoms with Crippen molar-refractivity contribution in [2.45, 2.75) is 13.0 Å². The van der Waals surface area contributed by atoms with Crippen molar-refractivity contribution in [3.05, 3.63) is 82.3 Å². The summed E-state index contributed by atoms with van der Waals surface area (Å²) < 4.78 is 0. The maximum Gasteiger partial charge on any atom is 0.253 e. The molecule has 2 aromatic carbocycles. The Bertz CT molecular complexity index is 858. The third kappa shape index (κ3) is 2.76. The van der Waals surface area contributed by atoms with Gasteiger partial charge in [0.15, 0.2) is 0 Å². The van der Waals surface area contributed by atoms with Gasteiger partial charge in [-0.25, -0.2) is 0 Å². The zero-order valence-electron chi connectivity index (χ0n) is 12.2. The Balaban J connectivity index is 1.87. The first-order valence-corrected chi connectivity index (χ1v) is 7.12. The number of pyridine rings is 1. The largest absolute Gasteiger partial charge is 0.345 e. The van der Waals surface area contributed by atoms with E-state index >= 15 is 0 Å². The number of hydrogen-bond donors (Lipinski definition) is 2. The molecule has 0 radical (unpaired) electrons. The van der Waals surface area contributed by atoms with Crippen LogP contribution in [0.2, 0.25) is 0 Å². The number of carbonyl (C=O) groups excluding carboxylic acids is 1. The maximum atomic E-state index is 12.2. The van der Waals surface area contributed by atoms with Crippen LogP contribution in [0.25, 0.3) is 10.8 Å². The molecular formula is C18H16N2O2. The normalized spacial score (nSPS) is 12.0. The minimum absolute atomic E-state index is 0.134. The van der Waals surface area contributed by atoms with Gasteiger partial charge in [0.05, 0.1) is 11.6 Å². The van der Waals surface area contributed by atoms with E-state index in [0.29, 0.717) is 5.56 Å². The molecule has 0 unspecified atom stereocenters. The van der Waals surface area contributed by atoms with Gasteiger partial charge in [0, 0.05) is 12.3 Å². The molecule has 2 N–H and O–H groups in total. The first-order valence-electron chi connectivity index (χ1n) is 7.12. The Hall–Kier alpha value is -2.88. The van der Waals surface area contributed by atoms with Crippen LogP contribution in [0.1, 0.15) is 28.9 Å². The van der Waals surface area contributed by atoms with Crippen molar-refractivity contribution in [2.24, 2.45) is 0 Å². The monoisotopic (exact) mass is 292 g/mol. The lowest BCUT2D eigenvalue weighted by Crippen LogP contribution is -2.27. The van der Waals surface area contributed by atoms with E-state index < -0.39 is 0 Å². The number of aromatic nitrogens is 1. The second kappa shape index (κ2) is 5.85. The highest BCUT2D eigenvalue weighted by Crippen LogP contribution is 2.24. The second-order valence-corrected chi connectivity index (χ2v) is 5.21. The molecule has 3 rings (SSSR count). The zero-order valence-corrected chi connectivity index (χ0v) is 12.2. The molecule has 110 valence electrons. The average molecular weight is 292 g/mol. The molecule has 0 aliphatic rings. The van der Waals surface area contributed by atoms with Gasteiger partial charge in [0.25, 0.3) is 5.91 Å². The molecule has 0 aliphatic heterocycles. The molecule has 0 spiro atoms. The first-order chi connectivity index (χ1) is 10.6. The van der Waals surface area contributed by atoms with E-state index in [9.17, 15) is 9.59 Å². The molecule has 1 amide bonds. The molecule has 4 nitrogen and oxygen atoms in total. The number of aromatic amines is 1. The van der Waals surface area contributed by atoms with E-state index in [1.165, 1.54) is 18.3 Å². The first kappa shape index (κ1) is 14.1. The van der Waals surface area contributed by atoms with Gasteiger partial charge >= 0.3 is 0 Å². The molecule has 3 aromatic rings. The van der Waals surface area contributed by atoms with E-state index in [1.54, 1.807) is 0 Å². The Morgan fingerprint density at radius 1 is 1.05 bits per heavy atom. The van der Waals surface area contributed by atoms with Crippen LogP contribution in [-0.4, -0.2) is 10.9 Å². The van der Waals surface area contributed by atoms with Gasteiger partial charge in [0.1, 0.15) is 0 Å². The van der Waals surface area contributed by atoms with Crippen LogP contribution in [-0.2, 0) is 0 Å². The van der Waals surface area contributed by atoms with Crippen molar-refractivity contribution in [1.29, 1.82) is 0 Å². The summed E-state index contributed by atoms with van der Waals surface area (Å²) in [5.41, 5.74) is 1.28. The highest BCUT2D eigenvalue weighted by atomic mass is 16.2. The Kier molecular flexibility index (Phi) is 3.74. The topological polar surface area (TPSA) is 62.0 Å². The fraction of sp³-hybridized carbons (Fsp3) is 0.111. The van der Waals surface area contributed by atoms with E-state index in [4.69, 9.17) is 0 Å². The van der Waals surface area contributed by atoms with Crippen molar-refractivity contribution in [3.8, 4) is 0 Å². The molecule has 0 fully saturated rings. The van der Waals surface area contributed by atoms with Crippen LogP contribution >= 0.6 is 0 Å². The summed E-state index contributed by atoms with van der Waals surface area (Å²) in [6.45, 7) is 1.95. The van der Waals surface area contributed by atoms with E-state index in [-0.39, 0.29) is 17.5 Å². The molecule has 4 heteroatoms. The number of benzene rings is 2.